The van der Waals surface area contributed by atoms with Gasteiger partial charge in [0.25, 0.3) is 0 Å². The van der Waals surface area contributed by atoms with Gasteiger partial charge in [-0.3, -0.25) is 4.98 Å². The predicted molar refractivity (Wildman–Crippen MR) is 72.6 cm³/mol. The van der Waals surface area contributed by atoms with Gasteiger partial charge in [0.1, 0.15) is 0 Å². The second-order valence-corrected chi connectivity index (χ2v) is 3.92. The number of rotatable bonds is 4. The van der Waals surface area contributed by atoms with E-state index in [-0.39, 0.29) is 35.2 Å². The molecule has 132 valence electrons. The first kappa shape index (κ1) is 23.9. The van der Waals surface area contributed by atoms with E-state index in [9.17, 15) is 19.8 Å². The first-order valence-electron chi connectivity index (χ1n) is 6.04. The molecule has 9 nitrogen and oxygen atoms in total. The Morgan fingerprint density at radius 3 is 1.54 bits per heavy atom. The standard InChI is InChI=1S/C7H5NO4.C7H9NO2.Ni.H2O/c9-6(10)4-2-1-3-5(8-4)7(11)12;9-4-6-2-1-3-7(5-10)8-6;;/h1-3H,(H,9,10)(H,11,12);1-3,9-10H,4-5H2;;1H2/q;;+2;/p-2. The molecule has 0 amide bonds. The van der Waals surface area contributed by atoms with Crippen LogP contribution in [0.15, 0.2) is 36.4 Å². The summed E-state index contributed by atoms with van der Waals surface area (Å²) in [7, 11) is 0. The predicted octanol–water partition coefficient (Wildman–Crippen LogP) is -2.95. The molecule has 2 aromatic rings. The van der Waals surface area contributed by atoms with Gasteiger partial charge < -0.3 is 35.5 Å². The molecule has 0 aliphatic heterocycles. The van der Waals surface area contributed by atoms with Crippen LogP contribution in [-0.2, 0) is 29.7 Å². The second kappa shape index (κ2) is 12.1. The van der Waals surface area contributed by atoms with Gasteiger partial charge >= 0.3 is 16.5 Å². The zero-order valence-corrected chi connectivity index (χ0v) is 13.1. The molecule has 0 bridgehead atoms. The van der Waals surface area contributed by atoms with Crippen LogP contribution < -0.4 is 10.2 Å². The smallest absolute Gasteiger partial charge is 0.543 e. The fourth-order valence-corrected chi connectivity index (χ4v) is 1.37. The van der Waals surface area contributed by atoms with Crippen molar-refractivity contribution in [2.24, 2.45) is 0 Å². The third-order valence-electron chi connectivity index (χ3n) is 2.36. The van der Waals surface area contributed by atoms with Gasteiger partial charge in [-0.05, 0) is 24.3 Å². The van der Waals surface area contributed by atoms with Crippen molar-refractivity contribution in [2.75, 3.05) is 0 Å². The number of aromatic carboxylic acids is 2. The summed E-state index contributed by atoms with van der Waals surface area (Å²) in [6.45, 7) is -0.151. The van der Waals surface area contributed by atoms with E-state index in [0.29, 0.717) is 11.4 Å². The molecule has 0 spiro atoms. The van der Waals surface area contributed by atoms with Crippen molar-refractivity contribution in [3.8, 4) is 0 Å². The molecule has 2 aromatic heterocycles. The van der Waals surface area contributed by atoms with Crippen LogP contribution in [-0.4, -0.2) is 37.6 Å². The number of carboxylic acids is 2. The zero-order chi connectivity index (χ0) is 16.5. The van der Waals surface area contributed by atoms with Crippen molar-refractivity contribution in [3.63, 3.8) is 0 Å². The number of pyridine rings is 2. The molecular formula is C14H14N2NiO7. The van der Waals surface area contributed by atoms with E-state index in [0.717, 1.165) is 12.1 Å². The van der Waals surface area contributed by atoms with Crippen molar-refractivity contribution in [3.05, 3.63) is 59.2 Å². The van der Waals surface area contributed by atoms with Gasteiger partial charge in [0, 0.05) is 0 Å². The number of carbonyl (C=O) groups excluding carboxylic acids is 2. The summed E-state index contributed by atoms with van der Waals surface area (Å²) < 4.78 is 0. The largest absolute Gasteiger partial charge is 2.00 e. The molecule has 2 heterocycles. The Bertz CT molecular complexity index is 619. The summed E-state index contributed by atoms with van der Waals surface area (Å²) in [6.07, 6.45) is 0. The van der Waals surface area contributed by atoms with Gasteiger partial charge in [-0.1, -0.05) is 12.1 Å². The number of hydrogen-bond donors (Lipinski definition) is 2. The van der Waals surface area contributed by atoms with Crippen LogP contribution >= 0.6 is 0 Å². The fourth-order valence-electron chi connectivity index (χ4n) is 1.37. The first-order chi connectivity index (χ1) is 10.5. The monoisotopic (exact) mass is 380 g/mol. The van der Waals surface area contributed by atoms with Gasteiger partial charge in [0.05, 0.1) is 47.9 Å². The van der Waals surface area contributed by atoms with Crippen LogP contribution in [0.5, 0.6) is 0 Å². The maximum absolute atomic E-state index is 10.2. The number of aliphatic hydroxyl groups excluding tert-OH is 2. The average Bonchev–Trinajstić information content (AvgIpc) is 2.55. The third kappa shape index (κ3) is 7.75. The Hall–Kier alpha value is -2.39. The number of carboxylic acid groups (broad SMARTS) is 2. The summed E-state index contributed by atoms with van der Waals surface area (Å²) in [6, 6.07) is 8.70. The number of aliphatic hydroxyl groups is 2. The minimum Gasteiger partial charge on any atom is -0.543 e. The van der Waals surface area contributed by atoms with Gasteiger partial charge in [-0.15, -0.1) is 0 Å². The molecule has 0 aliphatic rings. The quantitative estimate of drug-likeness (QED) is 0.528. The Morgan fingerprint density at radius 2 is 1.21 bits per heavy atom. The van der Waals surface area contributed by atoms with E-state index in [1.54, 1.807) is 18.2 Å². The minimum atomic E-state index is -1.52. The van der Waals surface area contributed by atoms with Crippen molar-refractivity contribution in [1.82, 2.24) is 9.97 Å². The molecule has 0 atom stereocenters. The normalized spacial score (nSPS) is 8.75. The Morgan fingerprint density at radius 1 is 0.833 bits per heavy atom. The van der Waals surface area contributed by atoms with Crippen LogP contribution in [0.3, 0.4) is 0 Å². The SMILES string of the molecule is O.O=C([O-])c1cccc(C(=O)[O-])n1.OCc1cccc(CO)n1.[Ni+2]. The Labute approximate surface area is 146 Å². The van der Waals surface area contributed by atoms with Crippen molar-refractivity contribution in [1.29, 1.82) is 0 Å². The number of carbonyl (C=O) groups is 2. The average molecular weight is 381 g/mol. The van der Waals surface area contributed by atoms with Crippen molar-refractivity contribution in [2.45, 2.75) is 13.2 Å². The maximum atomic E-state index is 10.2. The second-order valence-electron chi connectivity index (χ2n) is 3.92. The molecule has 24 heavy (non-hydrogen) atoms. The van der Waals surface area contributed by atoms with E-state index in [4.69, 9.17) is 10.2 Å². The van der Waals surface area contributed by atoms with Crippen molar-refractivity contribution >= 4 is 11.9 Å². The fraction of sp³-hybridized carbons (Fsp3) is 0.143. The van der Waals surface area contributed by atoms with E-state index < -0.39 is 23.3 Å². The first-order valence-corrected chi connectivity index (χ1v) is 6.04. The van der Waals surface area contributed by atoms with Crippen LogP contribution in [0.4, 0.5) is 0 Å². The van der Waals surface area contributed by atoms with Gasteiger partial charge in [-0.25, -0.2) is 4.98 Å². The van der Waals surface area contributed by atoms with Crippen LogP contribution in [0.2, 0.25) is 0 Å². The van der Waals surface area contributed by atoms with Gasteiger partial charge in [-0.2, -0.15) is 0 Å². The summed E-state index contributed by atoms with van der Waals surface area (Å²) in [5.41, 5.74) is 0.339. The maximum Gasteiger partial charge on any atom is 2.00 e. The molecule has 0 aromatic carbocycles. The summed E-state index contributed by atoms with van der Waals surface area (Å²) >= 11 is 0. The zero-order valence-electron chi connectivity index (χ0n) is 12.1. The topological polar surface area (TPSA) is 178 Å². The molecule has 4 N–H and O–H groups in total. The molecule has 10 heteroatoms. The number of hydrogen-bond acceptors (Lipinski definition) is 8. The molecular weight excluding hydrogens is 367 g/mol. The molecule has 0 radical (unpaired) electrons. The third-order valence-corrected chi connectivity index (χ3v) is 2.36. The van der Waals surface area contributed by atoms with E-state index in [2.05, 4.69) is 9.97 Å². The summed E-state index contributed by atoms with van der Waals surface area (Å²) in [5, 5.41) is 37.6. The summed E-state index contributed by atoms with van der Waals surface area (Å²) in [4.78, 5) is 27.5. The van der Waals surface area contributed by atoms with Crippen LogP contribution in [0, 0.1) is 0 Å². The molecule has 0 aliphatic carbocycles. The number of nitrogens with zero attached hydrogens (tertiary/aromatic N) is 2. The molecule has 0 saturated heterocycles. The summed E-state index contributed by atoms with van der Waals surface area (Å²) in [5.74, 6) is -3.03. The molecule has 2 rings (SSSR count). The Kier molecular flexibility index (Phi) is 12.0. The van der Waals surface area contributed by atoms with E-state index >= 15 is 0 Å². The van der Waals surface area contributed by atoms with E-state index in [1.807, 2.05) is 0 Å². The van der Waals surface area contributed by atoms with Crippen LogP contribution in [0.25, 0.3) is 0 Å². The van der Waals surface area contributed by atoms with Crippen molar-refractivity contribution < 1.29 is 52.0 Å². The molecule has 0 fully saturated rings. The minimum absolute atomic E-state index is 0. The molecule has 0 unspecified atom stereocenters. The van der Waals surface area contributed by atoms with Gasteiger partial charge in [0.15, 0.2) is 0 Å². The number of aromatic nitrogens is 2. The van der Waals surface area contributed by atoms with Gasteiger partial charge in [0.2, 0.25) is 0 Å². The van der Waals surface area contributed by atoms with Crippen LogP contribution in [0.1, 0.15) is 32.4 Å². The Balaban J connectivity index is 0. The molecule has 0 saturated carbocycles. The van der Waals surface area contributed by atoms with E-state index in [1.165, 1.54) is 6.07 Å².